The van der Waals surface area contributed by atoms with Crippen molar-refractivity contribution in [1.29, 1.82) is 0 Å². The van der Waals surface area contributed by atoms with Crippen LogP contribution in [0.15, 0.2) is 12.1 Å². The molecule has 0 bridgehead atoms. The Labute approximate surface area is 145 Å². The van der Waals surface area contributed by atoms with Crippen LogP contribution in [0.2, 0.25) is 0 Å². The molecule has 0 atom stereocenters. The minimum atomic E-state index is 0.0880. The number of amides is 1. The first-order chi connectivity index (χ1) is 11.7. The standard InChI is InChI=1S/C20H31NO3/c1-4-5-7-10-15-13-17(23-2)19(18(14-15)24-3)21-20(22)16-11-8-6-9-12-16/h13-14,16H,4-12H2,1-3H3,(H,21,22). The third-order valence-electron chi connectivity index (χ3n) is 4.86. The molecule has 2 rings (SSSR count). The van der Waals surface area contributed by atoms with Crippen LogP contribution in [-0.2, 0) is 11.2 Å². The fourth-order valence-corrected chi connectivity index (χ4v) is 3.40. The van der Waals surface area contributed by atoms with Crippen molar-refractivity contribution < 1.29 is 14.3 Å². The van der Waals surface area contributed by atoms with Crippen molar-refractivity contribution in [3.05, 3.63) is 17.7 Å². The maximum absolute atomic E-state index is 12.6. The molecular formula is C20H31NO3. The molecule has 0 saturated heterocycles. The van der Waals surface area contributed by atoms with E-state index in [0.717, 1.165) is 38.5 Å². The number of methoxy groups -OCH3 is 2. The average Bonchev–Trinajstić information content (AvgIpc) is 2.63. The normalized spacial score (nSPS) is 15.1. The van der Waals surface area contributed by atoms with Crippen LogP contribution in [0.5, 0.6) is 11.5 Å². The van der Waals surface area contributed by atoms with Crippen LogP contribution in [0.3, 0.4) is 0 Å². The van der Waals surface area contributed by atoms with Crippen LogP contribution >= 0.6 is 0 Å². The topological polar surface area (TPSA) is 47.6 Å². The number of hydrogen-bond acceptors (Lipinski definition) is 3. The van der Waals surface area contributed by atoms with E-state index in [-0.39, 0.29) is 11.8 Å². The molecule has 0 heterocycles. The second-order valence-electron chi connectivity index (χ2n) is 6.66. The van der Waals surface area contributed by atoms with Gasteiger partial charge in [0.1, 0.15) is 17.2 Å². The lowest BCUT2D eigenvalue weighted by atomic mass is 9.88. The van der Waals surface area contributed by atoms with E-state index >= 15 is 0 Å². The summed E-state index contributed by atoms with van der Waals surface area (Å²) in [6, 6.07) is 4.04. The Morgan fingerprint density at radius 3 is 2.25 bits per heavy atom. The van der Waals surface area contributed by atoms with Gasteiger partial charge in [0.2, 0.25) is 5.91 Å². The molecule has 0 spiro atoms. The summed E-state index contributed by atoms with van der Waals surface area (Å²) in [4.78, 5) is 12.6. The summed E-state index contributed by atoms with van der Waals surface area (Å²) < 4.78 is 11.1. The molecule has 24 heavy (non-hydrogen) atoms. The predicted molar refractivity (Wildman–Crippen MR) is 98.0 cm³/mol. The first kappa shape index (κ1) is 18.6. The van der Waals surface area contributed by atoms with E-state index in [1.807, 2.05) is 12.1 Å². The quantitative estimate of drug-likeness (QED) is 0.684. The van der Waals surface area contributed by atoms with Crippen molar-refractivity contribution in [2.75, 3.05) is 19.5 Å². The smallest absolute Gasteiger partial charge is 0.227 e. The summed E-state index contributed by atoms with van der Waals surface area (Å²) >= 11 is 0. The maximum atomic E-state index is 12.6. The molecule has 1 fully saturated rings. The van der Waals surface area contributed by atoms with E-state index in [4.69, 9.17) is 9.47 Å². The molecule has 0 aliphatic heterocycles. The van der Waals surface area contributed by atoms with Gasteiger partial charge in [-0.05, 0) is 43.4 Å². The number of ether oxygens (including phenoxy) is 2. The Morgan fingerprint density at radius 2 is 1.71 bits per heavy atom. The van der Waals surface area contributed by atoms with Gasteiger partial charge in [-0.25, -0.2) is 0 Å². The molecule has 1 aliphatic rings. The van der Waals surface area contributed by atoms with Gasteiger partial charge in [0.05, 0.1) is 14.2 Å². The summed E-state index contributed by atoms with van der Waals surface area (Å²) in [6.45, 7) is 2.20. The fourth-order valence-electron chi connectivity index (χ4n) is 3.40. The zero-order valence-corrected chi connectivity index (χ0v) is 15.3. The van der Waals surface area contributed by atoms with E-state index in [0.29, 0.717) is 17.2 Å². The average molecular weight is 333 g/mol. The largest absolute Gasteiger partial charge is 0.494 e. The van der Waals surface area contributed by atoms with Crippen molar-refractivity contribution in [3.63, 3.8) is 0 Å². The summed E-state index contributed by atoms with van der Waals surface area (Å²) in [7, 11) is 3.28. The second kappa shape index (κ2) is 9.55. The Hall–Kier alpha value is -1.71. The number of anilines is 1. The third kappa shape index (κ3) is 4.89. The maximum Gasteiger partial charge on any atom is 0.227 e. The highest BCUT2D eigenvalue weighted by molar-refractivity contribution is 5.95. The van der Waals surface area contributed by atoms with Crippen LogP contribution in [0.4, 0.5) is 5.69 Å². The van der Waals surface area contributed by atoms with Gasteiger partial charge in [0.15, 0.2) is 0 Å². The Balaban J connectivity index is 2.16. The molecule has 1 aliphatic carbocycles. The molecule has 4 heteroatoms. The van der Waals surface area contributed by atoms with Crippen molar-refractivity contribution in [3.8, 4) is 11.5 Å². The lowest BCUT2D eigenvalue weighted by Gasteiger charge is -2.22. The molecule has 0 radical (unpaired) electrons. The lowest BCUT2D eigenvalue weighted by Crippen LogP contribution is -2.25. The third-order valence-corrected chi connectivity index (χ3v) is 4.86. The highest BCUT2D eigenvalue weighted by Gasteiger charge is 2.23. The van der Waals surface area contributed by atoms with Crippen molar-refractivity contribution in [2.45, 2.75) is 64.7 Å². The molecular weight excluding hydrogens is 302 g/mol. The molecule has 4 nitrogen and oxygen atoms in total. The molecule has 1 amide bonds. The first-order valence-electron chi connectivity index (χ1n) is 9.25. The zero-order valence-electron chi connectivity index (χ0n) is 15.3. The SMILES string of the molecule is CCCCCc1cc(OC)c(NC(=O)C2CCCCC2)c(OC)c1. The van der Waals surface area contributed by atoms with Crippen molar-refractivity contribution in [1.82, 2.24) is 0 Å². The number of rotatable bonds is 8. The van der Waals surface area contributed by atoms with Crippen molar-refractivity contribution >= 4 is 11.6 Å². The van der Waals surface area contributed by atoms with Gasteiger partial charge in [-0.15, -0.1) is 0 Å². The van der Waals surface area contributed by atoms with Crippen LogP contribution in [0.1, 0.15) is 63.9 Å². The summed E-state index contributed by atoms with van der Waals surface area (Å²) in [6.07, 6.45) is 10.0. The number of unbranched alkanes of at least 4 members (excludes halogenated alkanes) is 2. The number of nitrogens with one attached hydrogen (secondary N) is 1. The van der Waals surface area contributed by atoms with Crippen LogP contribution in [-0.4, -0.2) is 20.1 Å². The minimum Gasteiger partial charge on any atom is -0.494 e. The number of carbonyl (C=O) groups is 1. The van der Waals surface area contributed by atoms with Gasteiger partial charge < -0.3 is 14.8 Å². The fraction of sp³-hybridized carbons (Fsp3) is 0.650. The van der Waals surface area contributed by atoms with Crippen LogP contribution in [0.25, 0.3) is 0 Å². The van der Waals surface area contributed by atoms with Gasteiger partial charge in [-0.3, -0.25) is 4.79 Å². The molecule has 0 unspecified atom stereocenters. The van der Waals surface area contributed by atoms with Crippen LogP contribution in [0, 0.1) is 5.92 Å². The van der Waals surface area contributed by atoms with E-state index in [1.165, 1.54) is 24.8 Å². The summed E-state index contributed by atoms with van der Waals surface area (Å²) in [5.74, 6) is 1.57. The van der Waals surface area contributed by atoms with Gasteiger partial charge in [-0.1, -0.05) is 39.0 Å². The second-order valence-corrected chi connectivity index (χ2v) is 6.66. The first-order valence-corrected chi connectivity index (χ1v) is 9.25. The van der Waals surface area contributed by atoms with E-state index in [1.54, 1.807) is 14.2 Å². The van der Waals surface area contributed by atoms with Crippen molar-refractivity contribution in [2.24, 2.45) is 5.92 Å². The molecule has 1 aromatic carbocycles. The predicted octanol–water partition coefficient (Wildman–Crippen LogP) is 4.96. The zero-order chi connectivity index (χ0) is 17.4. The lowest BCUT2D eigenvalue weighted by molar-refractivity contribution is -0.120. The number of hydrogen-bond donors (Lipinski definition) is 1. The van der Waals surface area contributed by atoms with Gasteiger partial charge in [0, 0.05) is 5.92 Å². The number of carbonyl (C=O) groups excluding carboxylic acids is 1. The highest BCUT2D eigenvalue weighted by Crippen LogP contribution is 2.37. The van der Waals surface area contributed by atoms with Gasteiger partial charge in [0.25, 0.3) is 0 Å². The van der Waals surface area contributed by atoms with E-state index in [9.17, 15) is 4.79 Å². The minimum absolute atomic E-state index is 0.0880. The van der Waals surface area contributed by atoms with E-state index < -0.39 is 0 Å². The van der Waals surface area contributed by atoms with Gasteiger partial charge >= 0.3 is 0 Å². The summed E-state index contributed by atoms with van der Waals surface area (Å²) in [5, 5.41) is 3.06. The molecule has 1 aromatic rings. The Kier molecular flexibility index (Phi) is 7.41. The Morgan fingerprint density at radius 1 is 1.08 bits per heavy atom. The summed E-state index contributed by atoms with van der Waals surface area (Å²) in [5.41, 5.74) is 1.85. The molecule has 1 N–H and O–H groups in total. The van der Waals surface area contributed by atoms with E-state index in [2.05, 4.69) is 12.2 Å². The number of benzene rings is 1. The molecule has 0 aromatic heterocycles. The highest BCUT2D eigenvalue weighted by atomic mass is 16.5. The number of aryl methyl sites for hydroxylation is 1. The Bertz CT molecular complexity index is 511. The van der Waals surface area contributed by atoms with Gasteiger partial charge in [-0.2, -0.15) is 0 Å². The molecule has 134 valence electrons. The molecule has 1 saturated carbocycles. The van der Waals surface area contributed by atoms with Crippen LogP contribution < -0.4 is 14.8 Å². The monoisotopic (exact) mass is 333 g/mol.